The number of hydrogen-bond donors (Lipinski definition) is 1. The molecule has 3 nitrogen and oxygen atoms in total. The Labute approximate surface area is 213 Å². The van der Waals surface area contributed by atoms with Crippen molar-refractivity contribution in [3.05, 3.63) is 93.6 Å². The van der Waals surface area contributed by atoms with E-state index in [1.165, 1.54) is 11.1 Å². The van der Waals surface area contributed by atoms with Crippen molar-refractivity contribution in [1.29, 1.82) is 0 Å². The highest BCUT2D eigenvalue weighted by atomic mass is 35.5. The number of aromatic nitrogens is 1. The largest absolute Gasteiger partial charge is 0.324 e. The minimum absolute atomic E-state index is 0.0666. The Morgan fingerprint density at radius 2 is 1.71 bits per heavy atom. The summed E-state index contributed by atoms with van der Waals surface area (Å²) in [4.78, 5) is 18.1. The summed E-state index contributed by atoms with van der Waals surface area (Å²) in [5.41, 5.74) is 9.18. The molecule has 0 saturated carbocycles. The number of anilines is 1. The molecule has 0 aliphatic carbocycles. The molecular formula is C31H33ClN2O. The number of nitrogens with one attached hydrogen (secondary N) is 1. The van der Waals surface area contributed by atoms with Crippen molar-refractivity contribution in [3.63, 3.8) is 0 Å². The normalized spacial score (nSPS) is 11.5. The van der Waals surface area contributed by atoms with Crippen LogP contribution in [-0.4, -0.2) is 10.9 Å². The van der Waals surface area contributed by atoms with Gasteiger partial charge in [-0.05, 0) is 60.1 Å². The lowest BCUT2D eigenvalue weighted by atomic mass is 9.90. The zero-order chi connectivity index (χ0) is 25.3. The first kappa shape index (κ1) is 24.9. The highest BCUT2D eigenvalue weighted by molar-refractivity contribution is 6.34. The van der Waals surface area contributed by atoms with Crippen LogP contribution >= 0.6 is 11.6 Å². The second kappa shape index (κ2) is 10.2. The van der Waals surface area contributed by atoms with Crippen LogP contribution < -0.4 is 5.32 Å². The van der Waals surface area contributed by atoms with Crippen molar-refractivity contribution in [2.24, 2.45) is 0 Å². The van der Waals surface area contributed by atoms with Crippen LogP contribution in [0.25, 0.3) is 22.0 Å². The summed E-state index contributed by atoms with van der Waals surface area (Å²) in [5, 5.41) is 4.78. The minimum Gasteiger partial charge on any atom is -0.324 e. The first-order chi connectivity index (χ1) is 16.7. The number of carbonyl (C=O) groups is 1. The molecule has 0 fully saturated rings. The maximum atomic E-state index is 13.3. The van der Waals surface area contributed by atoms with Gasteiger partial charge in [-0.3, -0.25) is 9.78 Å². The molecule has 0 radical (unpaired) electrons. The lowest BCUT2D eigenvalue weighted by molar-refractivity contribution is -0.115. The number of aryl methyl sites for hydroxylation is 2. The standard InChI is InChI=1S/C31H33ClN2O/c1-18(2)22-11-12-23(25(15-22)19(3)4)16-29(35)34-28-17-33-31-21(6)13-20(5)14-26(31)30(28)24-9-7-8-10-27(24)32/h7-15,17-19H,16H2,1-6H3,(H,34,35). The van der Waals surface area contributed by atoms with Gasteiger partial charge in [0.15, 0.2) is 0 Å². The molecule has 4 heteroatoms. The molecule has 0 bridgehead atoms. The third-order valence-corrected chi connectivity index (χ3v) is 6.86. The number of halogens is 1. The second-order valence-corrected chi connectivity index (χ2v) is 10.4. The molecule has 0 atom stereocenters. The second-order valence-electron chi connectivity index (χ2n) is 10.00. The number of amides is 1. The smallest absolute Gasteiger partial charge is 0.228 e. The van der Waals surface area contributed by atoms with Gasteiger partial charge in [-0.15, -0.1) is 0 Å². The van der Waals surface area contributed by atoms with E-state index in [2.05, 4.69) is 77.2 Å². The molecule has 4 aromatic rings. The van der Waals surface area contributed by atoms with E-state index in [0.717, 1.165) is 38.7 Å². The Morgan fingerprint density at radius 3 is 2.40 bits per heavy atom. The predicted molar refractivity (Wildman–Crippen MR) is 149 cm³/mol. The Kier molecular flexibility index (Phi) is 7.28. The van der Waals surface area contributed by atoms with Gasteiger partial charge >= 0.3 is 0 Å². The van der Waals surface area contributed by atoms with Crippen LogP contribution in [0.5, 0.6) is 0 Å². The first-order valence-electron chi connectivity index (χ1n) is 12.2. The van der Waals surface area contributed by atoms with Gasteiger partial charge in [0.05, 0.1) is 23.8 Å². The van der Waals surface area contributed by atoms with Crippen LogP contribution in [0.1, 0.15) is 67.3 Å². The molecule has 0 unspecified atom stereocenters. The average Bonchev–Trinajstić information content (AvgIpc) is 2.79. The van der Waals surface area contributed by atoms with Crippen LogP contribution in [-0.2, 0) is 11.2 Å². The van der Waals surface area contributed by atoms with E-state index in [1.807, 2.05) is 24.3 Å². The van der Waals surface area contributed by atoms with Crippen LogP contribution in [0.2, 0.25) is 5.02 Å². The van der Waals surface area contributed by atoms with E-state index < -0.39 is 0 Å². The topological polar surface area (TPSA) is 42.0 Å². The van der Waals surface area contributed by atoms with Gasteiger partial charge in [-0.25, -0.2) is 0 Å². The van der Waals surface area contributed by atoms with Gasteiger partial charge in [-0.2, -0.15) is 0 Å². The maximum absolute atomic E-state index is 13.3. The Balaban J connectivity index is 1.77. The maximum Gasteiger partial charge on any atom is 0.228 e. The molecule has 0 saturated heterocycles. The zero-order valence-electron chi connectivity index (χ0n) is 21.4. The van der Waals surface area contributed by atoms with Gasteiger partial charge in [-0.1, -0.05) is 87.3 Å². The molecule has 3 aromatic carbocycles. The number of rotatable bonds is 6. The van der Waals surface area contributed by atoms with Gasteiger partial charge in [0.25, 0.3) is 0 Å². The Hall–Kier alpha value is -3.17. The van der Waals surface area contributed by atoms with Crippen molar-refractivity contribution in [2.75, 3.05) is 5.32 Å². The molecule has 4 rings (SSSR count). The van der Waals surface area contributed by atoms with E-state index in [9.17, 15) is 4.79 Å². The molecule has 0 spiro atoms. The molecular weight excluding hydrogens is 452 g/mol. The summed E-state index contributed by atoms with van der Waals surface area (Å²) in [5.74, 6) is 0.718. The fourth-order valence-corrected chi connectivity index (χ4v) is 4.98. The van der Waals surface area contributed by atoms with Crippen molar-refractivity contribution >= 4 is 34.1 Å². The fraction of sp³-hybridized carbons (Fsp3) is 0.290. The Bertz CT molecular complexity index is 1410. The molecule has 0 aliphatic rings. The Morgan fingerprint density at radius 1 is 0.971 bits per heavy atom. The minimum atomic E-state index is -0.0666. The van der Waals surface area contributed by atoms with Gasteiger partial charge in [0.2, 0.25) is 5.91 Å². The van der Waals surface area contributed by atoms with Crippen LogP contribution in [0, 0.1) is 13.8 Å². The first-order valence-corrected chi connectivity index (χ1v) is 12.6. The van der Waals surface area contributed by atoms with Crippen molar-refractivity contribution in [3.8, 4) is 11.1 Å². The SMILES string of the molecule is Cc1cc(C)c2ncc(NC(=O)Cc3ccc(C(C)C)cc3C(C)C)c(-c3ccccc3Cl)c2c1. The molecule has 1 N–H and O–H groups in total. The molecule has 1 heterocycles. The molecule has 35 heavy (non-hydrogen) atoms. The van der Waals surface area contributed by atoms with E-state index >= 15 is 0 Å². The van der Waals surface area contributed by atoms with Crippen molar-refractivity contribution in [1.82, 2.24) is 4.98 Å². The highest BCUT2D eigenvalue weighted by Gasteiger charge is 2.18. The monoisotopic (exact) mass is 484 g/mol. The zero-order valence-corrected chi connectivity index (χ0v) is 22.1. The van der Waals surface area contributed by atoms with Gasteiger partial charge in [0, 0.05) is 21.5 Å². The third kappa shape index (κ3) is 5.26. The number of hydrogen-bond acceptors (Lipinski definition) is 2. The van der Waals surface area contributed by atoms with Crippen molar-refractivity contribution < 1.29 is 4.79 Å². The number of carbonyl (C=O) groups excluding carboxylic acids is 1. The lowest BCUT2D eigenvalue weighted by Gasteiger charge is -2.18. The fourth-order valence-electron chi connectivity index (χ4n) is 4.75. The van der Waals surface area contributed by atoms with Crippen molar-refractivity contribution in [2.45, 2.75) is 59.8 Å². The van der Waals surface area contributed by atoms with Crippen LogP contribution in [0.4, 0.5) is 5.69 Å². The number of benzene rings is 3. The number of pyridine rings is 1. The van der Waals surface area contributed by atoms with Gasteiger partial charge in [0.1, 0.15) is 0 Å². The number of fused-ring (bicyclic) bond motifs is 1. The quantitative estimate of drug-likeness (QED) is 0.297. The van der Waals surface area contributed by atoms with E-state index in [1.54, 1.807) is 6.20 Å². The van der Waals surface area contributed by atoms with Gasteiger partial charge < -0.3 is 5.32 Å². The summed E-state index contributed by atoms with van der Waals surface area (Å²) >= 11 is 6.64. The summed E-state index contributed by atoms with van der Waals surface area (Å²) in [7, 11) is 0. The highest BCUT2D eigenvalue weighted by Crippen LogP contribution is 2.39. The summed E-state index contributed by atoms with van der Waals surface area (Å²) in [6.07, 6.45) is 2.06. The molecule has 1 amide bonds. The summed E-state index contributed by atoms with van der Waals surface area (Å²) in [6, 6.07) is 18.5. The van der Waals surface area contributed by atoms with E-state index in [4.69, 9.17) is 16.6 Å². The van der Waals surface area contributed by atoms with Crippen LogP contribution in [0.3, 0.4) is 0 Å². The predicted octanol–water partition coefficient (Wildman–Crippen LogP) is 8.60. The molecule has 180 valence electrons. The molecule has 1 aromatic heterocycles. The number of nitrogens with zero attached hydrogens (tertiary/aromatic N) is 1. The van der Waals surface area contributed by atoms with E-state index in [0.29, 0.717) is 29.0 Å². The van der Waals surface area contributed by atoms with Crippen LogP contribution in [0.15, 0.2) is 60.8 Å². The lowest BCUT2D eigenvalue weighted by Crippen LogP contribution is -2.17. The summed E-state index contributed by atoms with van der Waals surface area (Å²) < 4.78 is 0. The molecule has 0 aliphatic heterocycles. The average molecular weight is 485 g/mol. The van der Waals surface area contributed by atoms with E-state index in [-0.39, 0.29) is 5.91 Å². The third-order valence-electron chi connectivity index (χ3n) is 6.53. The summed E-state index contributed by atoms with van der Waals surface area (Å²) in [6.45, 7) is 12.9.